The fraction of sp³-hybridized carbons (Fsp3) is 0.211. The molecule has 3 rings (SSSR count). The Morgan fingerprint density at radius 3 is 2.14 bits per heavy atom. The average Bonchev–Trinajstić information content (AvgIpc) is 3.12. The van der Waals surface area contributed by atoms with E-state index in [1.165, 1.54) is 31.2 Å². The molecule has 0 fully saturated rings. The summed E-state index contributed by atoms with van der Waals surface area (Å²) in [7, 11) is -3.76. The molecular weight excluding hydrogens is 380 g/mol. The number of hydrogen-bond acceptors (Lipinski definition) is 6. The molecule has 9 heteroatoms. The highest BCUT2D eigenvalue weighted by atomic mass is 32.2. The van der Waals surface area contributed by atoms with Gasteiger partial charge in [0, 0.05) is 29.8 Å². The number of aromatic nitrogens is 2. The molecule has 0 bridgehead atoms. The van der Waals surface area contributed by atoms with Crippen LogP contribution in [0, 0.1) is 0 Å². The van der Waals surface area contributed by atoms with E-state index in [0.717, 1.165) is 0 Å². The molecule has 1 amide bonds. The van der Waals surface area contributed by atoms with Crippen molar-refractivity contribution in [2.45, 2.75) is 31.6 Å². The van der Waals surface area contributed by atoms with Crippen LogP contribution in [0.4, 0.5) is 11.4 Å². The fourth-order valence-corrected chi connectivity index (χ4v) is 3.46. The predicted molar refractivity (Wildman–Crippen MR) is 105 cm³/mol. The first-order valence-electron chi connectivity index (χ1n) is 8.59. The van der Waals surface area contributed by atoms with Crippen molar-refractivity contribution >= 4 is 27.3 Å². The fourth-order valence-electron chi connectivity index (χ4n) is 2.40. The Morgan fingerprint density at radius 2 is 1.61 bits per heavy atom. The Balaban J connectivity index is 1.74. The number of benzene rings is 2. The van der Waals surface area contributed by atoms with E-state index in [4.69, 9.17) is 4.52 Å². The average molecular weight is 400 g/mol. The summed E-state index contributed by atoms with van der Waals surface area (Å²) in [5, 5.41) is 6.50. The quantitative estimate of drug-likeness (QED) is 0.653. The Hall–Kier alpha value is -3.20. The SMILES string of the molecule is CC(=O)Nc1ccc(S(=O)(=O)Nc2ccc(-c3nc(C(C)C)no3)cc2)cc1. The molecule has 0 radical (unpaired) electrons. The number of hydrogen-bond donors (Lipinski definition) is 2. The molecule has 146 valence electrons. The van der Waals surface area contributed by atoms with Gasteiger partial charge in [-0.1, -0.05) is 19.0 Å². The van der Waals surface area contributed by atoms with Gasteiger partial charge in [-0.2, -0.15) is 4.98 Å². The first kappa shape index (κ1) is 19.6. The molecule has 0 unspecified atom stereocenters. The minimum atomic E-state index is -3.76. The number of carbonyl (C=O) groups is 1. The summed E-state index contributed by atoms with van der Waals surface area (Å²) < 4.78 is 32.8. The van der Waals surface area contributed by atoms with Gasteiger partial charge in [0.05, 0.1) is 4.90 Å². The minimum absolute atomic E-state index is 0.0872. The number of nitrogens with one attached hydrogen (secondary N) is 2. The Labute approximate surface area is 163 Å². The third-order valence-corrected chi connectivity index (χ3v) is 5.22. The largest absolute Gasteiger partial charge is 0.334 e. The van der Waals surface area contributed by atoms with Crippen molar-refractivity contribution in [1.82, 2.24) is 10.1 Å². The van der Waals surface area contributed by atoms with E-state index in [-0.39, 0.29) is 16.7 Å². The van der Waals surface area contributed by atoms with Gasteiger partial charge in [-0.05, 0) is 48.5 Å². The van der Waals surface area contributed by atoms with Gasteiger partial charge >= 0.3 is 0 Å². The predicted octanol–water partition coefficient (Wildman–Crippen LogP) is 3.62. The van der Waals surface area contributed by atoms with Gasteiger partial charge in [-0.25, -0.2) is 8.42 Å². The molecule has 0 aliphatic rings. The van der Waals surface area contributed by atoms with Crippen LogP contribution < -0.4 is 10.0 Å². The summed E-state index contributed by atoms with van der Waals surface area (Å²) in [4.78, 5) is 15.4. The van der Waals surface area contributed by atoms with Crippen molar-refractivity contribution in [1.29, 1.82) is 0 Å². The monoisotopic (exact) mass is 400 g/mol. The zero-order valence-electron chi connectivity index (χ0n) is 15.6. The van der Waals surface area contributed by atoms with Crippen LogP contribution in [-0.2, 0) is 14.8 Å². The first-order chi connectivity index (χ1) is 13.2. The number of nitrogens with zero attached hydrogens (tertiary/aromatic N) is 2. The molecule has 2 aromatic carbocycles. The smallest absolute Gasteiger partial charge is 0.261 e. The molecule has 1 aromatic heterocycles. The maximum absolute atomic E-state index is 12.5. The maximum atomic E-state index is 12.5. The van der Waals surface area contributed by atoms with Gasteiger partial charge in [-0.3, -0.25) is 9.52 Å². The Morgan fingerprint density at radius 1 is 1.00 bits per heavy atom. The van der Waals surface area contributed by atoms with E-state index in [1.54, 1.807) is 24.3 Å². The van der Waals surface area contributed by atoms with Crippen molar-refractivity contribution in [2.24, 2.45) is 0 Å². The lowest BCUT2D eigenvalue weighted by Crippen LogP contribution is -2.13. The van der Waals surface area contributed by atoms with Crippen LogP contribution in [0.3, 0.4) is 0 Å². The Bertz CT molecular complexity index is 1070. The molecule has 2 N–H and O–H groups in total. The van der Waals surface area contributed by atoms with E-state index in [2.05, 4.69) is 20.2 Å². The van der Waals surface area contributed by atoms with Crippen molar-refractivity contribution in [3.8, 4) is 11.5 Å². The van der Waals surface area contributed by atoms with Crippen molar-refractivity contribution in [2.75, 3.05) is 10.0 Å². The highest BCUT2D eigenvalue weighted by Crippen LogP contribution is 2.23. The highest BCUT2D eigenvalue weighted by molar-refractivity contribution is 7.92. The van der Waals surface area contributed by atoms with E-state index in [9.17, 15) is 13.2 Å². The van der Waals surface area contributed by atoms with E-state index in [1.807, 2.05) is 13.8 Å². The molecule has 1 heterocycles. The molecular formula is C19H20N4O4S. The second kappa shape index (κ2) is 7.81. The van der Waals surface area contributed by atoms with Gasteiger partial charge in [0.2, 0.25) is 5.91 Å². The van der Waals surface area contributed by atoms with Gasteiger partial charge in [0.1, 0.15) is 0 Å². The topological polar surface area (TPSA) is 114 Å². The molecule has 8 nitrogen and oxygen atoms in total. The lowest BCUT2D eigenvalue weighted by molar-refractivity contribution is -0.114. The third-order valence-electron chi connectivity index (χ3n) is 3.83. The van der Waals surface area contributed by atoms with Crippen LogP contribution in [-0.4, -0.2) is 24.5 Å². The van der Waals surface area contributed by atoms with Crippen LogP contribution in [0.2, 0.25) is 0 Å². The van der Waals surface area contributed by atoms with Crippen LogP contribution >= 0.6 is 0 Å². The van der Waals surface area contributed by atoms with Crippen molar-refractivity contribution < 1.29 is 17.7 Å². The molecule has 0 saturated heterocycles. The summed E-state index contributed by atoms with van der Waals surface area (Å²) in [6, 6.07) is 12.6. The second-order valence-corrected chi connectivity index (χ2v) is 8.18. The highest BCUT2D eigenvalue weighted by Gasteiger charge is 2.15. The van der Waals surface area contributed by atoms with Crippen LogP contribution in [0.1, 0.15) is 32.5 Å². The molecule has 0 spiro atoms. The number of sulfonamides is 1. The molecule has 0 aliphatic carbocycles. The lowest BCUT2D eigenvalue weighted by Gasteiger charge is -2.09. The number of anilines is 2. The summed E-state index contributed by atoms with van der Waals surface area (Å²) in [5.41, 5.74) is 1.62. The maximum Gasteiger partial charge on any atom is 0.261 e. The number of rotatable bonds is 6. The summed E-state index contributed by atoms with van der Waals surface area (Å²) in [6.07, 6.45) is 0. The van der Waals surface area contributed by atoms with Gasteiger partial charge in [0.15, 0.2) is 5.82 Å². The lowest BCUT2D eigenvalue weighted by atomic mass is 10.2. The standard InChI is InChI=1S/C19H20N4O4S/c1-12(2)18-21-19(27-22-18)14-4-6-16(7-5-14)23-28(25,26)17-10-8-15(9-11-17)20-13(3)24/h4-12,23H,1-3H3,(H,20,24). The van der Waals surface area contributed by atoms with E-state index < -0.39 is 10.0 Å². The minimum Gasteiger partial charge on any atom is -0.334 e. The van der Waals surface area contributed by atoms with Gasteiger partial charge < -0.3 is 9.84 Å². The van der Waals surface area contributed by atoms with Crippen molar-refractivity contribution in [3.63, 3.8) is 0 Å². The number of amides is 1. The van der Waals surface area contributed by atoms with E-state index >= 15 is 0 Å². The summed E-state index contributed by atoms with van der Waals surface area (Å²) >= 11 is 0. The molecule has 0 aliphatic heterocycles. The van der Waals surface area contributed by atoms with Crippen LogP contribution in [0.15, 0.2) is 57.9 Å². The molecule has 0 saturated carbocycles. The molecule has 28 heavy (non-hydrogen) atoms. The van der Waals surface area contributed by atoms with Crippen LogP contribution in [0.5, 0.6) is 0 Å². The number of carbonyl (C=O) groups excluding carboxylic acids is 1. The molecule has 0 atom stereocenters. The second-order valence-electron chi connectivity index (χ2n) is 6.50. The summed E-state index contributed by atoms with van der Waals surface area (Å²) in [6.45, 7) is 5.32. The van der Waals surface area contributed by atoms with Gasteiger partial charge in [0.25, 0.3) is 15.9 Å². The van der Waals surface area contributed by atoms with E-state index in [0.29, 0.717) is 28.7 Å². The normalized spacial score (nSPS) is 11.4. The third kappa shape index (κ3) is 4.55. The van der Waals surface area contributed by atoms with Crippen LogP contribution in [0.25, 0.3) is 11.5 Å². The first-order valence-corrected chi connectivity index (χ1v) is 10.1. The zero-order valence-corrected chi connectivity index (χ0v) is 16.4. The Kier molecular flexibility index (Phi) is 5.46. The van der Waals surface area contributed by atoms with Crippen molar-refractivity contribution in [3.05, 3.63) is 54.4 Å². The van der Waals surface area contributed by atoms with Gasteiger partial charge in [-0.15, -0.1) is 0 Å². The zero-order chi connectivity index (χ0) is 20.3. The summed E-state index contributed by atoms with van der Waals surface area (Å²) in [5.74, 6) is 0.922. The molecule has 3 aromatic rings.